The standard InChI is InChI=1S/C9H14F3NO3S2/c1-6(14)13-7(8(15)16)2-3-17-4-5-18-9(10,11)12/h7H,2-5H2,1H3,(H,13,14)(H,15,16). The van der Waals surface area contributed by atoms with Crippen LogP contribution in [0.25, 0.3) is 0 Å². The molecule has 0 bridgehead atoms. The molecule has 0 fully saturated rings. The van der Waals surface area contributed by atoms with Crippen molar-refractivity contribution >= 4 is 35.4 Å². The zero-order chi connectivity index (χ0) is 14.2. The monoisotopic (exact) mass is 305 g/mol. The van der Waals surface area contributed by atoms with Gasteiger partial charge in [0.1, 0.15) is 6.04 Å². The Morgan fingerprint density at radius 2 is 1.89 bits per heavy atom. The van der Waals surface area contributed by atoms with Gasteiger partial charge in [0, 0.05) is 18.4 Å². The normalized spacial score (nSPS) is 13.1. The third-order valence-electron chi connectivity index (χ3n) is 1.72. The Bertz CT molecular complexity index is 287. The van der Waals surface area contributed by atoms with E-state index in [2.05, 4.69) is 5.32 Å². The number of carboxylic acid groups (broad SMARTS) is 1. The number of nitrogens with one attached hydrogen (secondary N) is 1. The van der Waals surface area contributed by atoms with E-state index in [1.165, 1.54) is 18.7 Å². The minimum atomic E-state index is -4.22. The van der Waals surface area contributed by atoms with Crippen LogP contribution in [0.1, 0.15) is 13.3 Å². The molecule has 0 aliphatic rings. The molecule has 106 valence electrons. The van der Waals surface area contributed by atoms with E-state index in [-0.39, 0.29) is 29.7 Å². The SMILES string of the molecule is CC(=O)NC(CCSCCSC(F)(F)F)C(=O)O. The van der Waals surface area contributed by atoms with Crippen LogP contribution >= 0.6 is 23.5 Å². The molecule has 0 spiro atoms. The summed E-state index contributed by atoms with van der Waals surface area (Å²) < 4.78 is 35.3. The number of aliphatic carboxylic acids is 1. The molecule has 1 amide bonds. The topological polar surface area (TPSA) is 66.4 Å². The maximum absolute atomic E-state index is 11.8. The summed E-state index contributed by atoms with van der Waals surface area (Å²) in [6, 6.07) is -0.981. The van der Waals surface area contributed by atoms with Gasteiger partial charge in [0.05, 0.1) is 0 Å². The van der Waals surface area contributed by atoms with E-state index in [1.807, 2.05) is 0 Å². The molecule has 0 aliphatic carbocycles. The van der Waals surface area contributed by atoms with Crippen LogP contribution in [0.2, 0.25) is 0 Å². The molecule has 0 aromatic heterocycles. The third-order valence-corrected chi connectivity index (χ3v) is 3.73. The minimum Gasteiger partial charge on any atom is -0.480 e. The summed E-state index contributed by atoms with van der Waals surface area (Å²) in [7, 11) is 0. The predicted octanol–water partition coefficient (Wildman–Crippen LogP) is 1.95. The fraction of sp³-hybridized carbons (Fsp3) is 0.778. The number of carboxylic acids is 1. The van der Waals surface area contributed by atoms with Gasteiger partial charge >= 0.3 is 11.5 Å². The van der Waals surface area contributed by atoms with Gasteiger partial charge in [-0.2, -0.15) is 24.9 Å². The highest BCUT2D eigenvalue weighted by Crippen LogP contribution is 2.30. The average molecular weight is 305 g/mol. The van der Waals surface area contributed by atoms with E-state index in [4.69, 9.17) is 5.11 Å². The van der Waals surface area contributed by atoms with Crippen LogP contribution in [0.5, 0.6) is 0 Å². The van der Waals surface area contributed by atoms with E-state index in [0.717, 1.165) is 0 Å². The summed E-state index contributed by atoms with van der Waals surface area (Å²) in [5.74, 6) is -0.978. The van der Waals surface area contributed by atoms with Crippen molar-refractivity contribution in [3.8, 4) is 0 Å². The quantitative estimate of drug-likeness (QED) is 0.671. The zero-order valence-corrected chi connectivity index (χ0v) is 11.3. The van der Waals surface area contributed by atoms with Gasteiger partial charge in [-0.25, -0.2) is 4.79 Å². The second-order valence-electron chi connectivity index (χ2n) is 3.29. The van der Waals surface area contributed by atoms with E-state index >= 15 is 0 Å². The second kappa shape index (κ2) is 8.52. The Hall–Kier alpha value is -0.570. The molecule has 0 aromatic carbocycles. The first-order valence-electron chi connectivity index (χ1n) is 5.00. The Balaban J connectivity index is 3.68. The molecule has 0 aliphatic heterocycles. The van der Waals surface area contributed by atoms with Crippen molar-refractivity contribution in [1.29, 1.82) is 0 Å². The smallest absolute Gasteiger partial charge is 0.441 e. The van der Waals surface area contributed by atoms with Gasteiger partial charge < -0.3 is 10.4 Å². The number of hydrogen-bond donors (Lipinski definition) is 2. The highest BCUT2D eigenvalue weighted by molar-refractivity contribution is 8.03. The van der Waals surface area contributed by atoms with E-state index < -0.39 is 23.4 Å². The molecule has 0 aromatic rings. The van der Waals surface area contributed by atoms with Crippen molar-refractivity contribution in [1.82, 2.24) is 5.32 Å². The molecule has 1 unspecified atom stereocenters. The van der Waals surface area contributed by atoms with Gasteiger partial charge in [-0.05, 0) is 12.2 Å². The average Bonchev–Trinajstić information content (AvgIpc) is 2.18. The summed E-state index contributed by atoms with van der Waals surface area (Å²) in [5.41, 5.74) is -4.22. The van der Waals surface area contributed by atoms with E-state index in [9.17, 15) is 22.8 Å². The van der Waals surface area contributed by atoms with Crippen LogP contribution in [0, 0.1) is 0 Å². The number of rotatable bonds is 8. The van der Waals surface area contributed by atoms with Gasteiger partial charge in [-0.1, -0.05) is 11.8 Å². The van der Waals surface area contributed by atoms with Crippen LogP contribution in [-0.2, 0) is 9.59 Å². The summed E-state index contributed by atoms with van der Waals surface area (Å²) in [6.45, 7) is 1.21. The predicted molar refractivity (Wildman–Crippen MR) is 65.7 cm³/mol. The lowest BCUT2D eigenvalue weighted by molar-refractivity contribution is -0.141. The summed E-state index contributed by atoms with van der Waals surface area (Å²) in [6.07, 6.45) is 0.191. The molecular weight excluding hydrogens is 291 g/mol. The Morgan fingerprint density at radius 1 is 1.28 bits per heavy atom. The van der Waals surface area contributed by atoms with Crippen molar-refractivity contribution in [2.24, 2.45) is 0 Å². The van der Waals surface area contributed by atoms with Crippen LogP contribution in [-0.4, -0.2) is 45.8 Å². The number of alkyl halides is 3. The van der Waals surface area contributed by atoms with Crippen molar-refractivity contribution in [2.45, 2.75) is 24.9 Å². The highest BCUT2D eigenvalue weighted by atomic mass is 32.2. The molecule has 1 atom stereocenters. The largest absolute Gasteiger partial charge is 0.480 e. The fourth-order valence-corrected chi connectivity index (χ4v) is 2.66. The maximum atomic E-state index is 11.8. The van der Waals surface area contributed by atoms with Crippen LogP contribution in [0.3, 0.4) is 0 Å². The molecule has 0 saturated heterocycles. The number of halogens is 3. The Labute approximate surface area is 111 Å². The fourth-order valence-electron chi connectivity index (χ4n) is 1.02. The highest BCUT2D eigenvalue weighted by Gasteiger charge is 2.27. The van der Waals surface area contributed by atoms with Crippen LogP contribution < -0.4 is 5.32 Å². The van der Waals surface area contributed by atoms with Gasteiger partial charge in [-0.15, -0.1) is 0 Å². The first kappa shape index (κ1) is 17.4. The Kier molecular flexibility index (Phi) is 8.25. The van der Waals surface area contributed by atoms with Crippen molar-refractivity contribution in [3.63, 3.8) is 0 Å². The molecular formula is C9H14F3NO3S2. The summed E-state index contributed by atoms with van der Waals surface area (Å²) in [5, 5.41) is 11.0. The summed E-state index contributed by atoms with van der Waals surface area (Å²) >= 11 is 1.13. The van der Waals surface area contributed by atoms with Crippen molar-refractivity contribution < 1.29 is 27.9 Å². The lowest BCUT2D eigenvalue weighted by Crippen LogP contribution is -2.39. The molecule has 0 heterocycles. The van der Waals surface area contributed by atoms with Gasteiger partial charge in [0.2, 0.25) is 5.91 Å². The van der Waals surface area contributed by atoms with E-state index in [0.29, 0.717) is 5.75 Å². The minimum absolute atomic E-state index is 0.0635. The number of carbonyl (C=O) groups is 2. The third kappa shape index (κ3) is 10.6. The first-order chi connectivity index (χ1) is 8.22. The number of amides is 1. The van der Waals surface area contributed by atoms with E-state index in [1.54, 1.807) is 0 Å². The van der Waals surface area contributed by atoms with Gasteiger partial charge in [0.25, 0.3) is 0 Å². The number of thioether (sulfide) groups is 2. The lowest BCUT2D eigenvalue weighted by atomic mass is 10.2. The summed E-state index contributed by atoms with van der Waals surface area (Å²) in [4.78, 5) is 21.4. The lowest BCUT2D eigenvalue weighted by Gasteiger charge is -2.12. The number of hydrogen-bond acceptors (Lipinski definition) is 4. The van der Waals surface area contributed by atoms with Gasteiger partial charge in [-0.3, -0.25) is 4.79 Å². The van der Waals surface area contributed by atoms with Crippen LogP contribution in [0.15, 0.2) is 0 Å². The maximum Gasteiger partial charge on any atom is 0.441 e. The molecule has 0 rings (SSSR count). The molecule has 0 radical (unpaired) electrons. The first-order valence-corrected chi connectivity index (χ1v) is 7.14. The molecule has 2 N–H and O–H groups in total. The second-order valence-corrected chi connectivity index (χ2v) is 5.67. The molecule has 18 heavy (non-hydrogen) atoms. The zero-order valence-electron chi connectivity index (χ0n) is 9.62. The van der Waals surface area contributed by atoms with Crippen LogP contribution in [0.4, 0.5) is 13.2 Å². The Morgan fingerprint density at radius 3 is 2.33 bits per heavy atom. The van der Waals surface area contributed by atoms with Crippen molar-refractivity contribution in [2.75, 3.05) is 17.3 Å². The molecule has 9 heteroatoms. The van der Waals surface area contributed by atoms with Gasteiger partial charge in [0.15, 0.2) is 0 Å². The van der Waals surface area contributed by atoms with Crippen molar-refractivity contribution in [3.05, 3.63) is 0 Å². The molecule has 0 saturated carbocycles. The number of carbonyl (C=O) groups excluding carboxylic acids is 1. The molecule has 4 nitrogen and oxygen atoms in total.